The maximum absolute atomic E-state index is 13.0. The van der Waals surface area contributed by atoms with E-state index in [0.29, 0.717) is 0 Å². The van der Waals surface area contributed by atoms with Crippen LogP contribution in [-0.2, 0) is 24.7 Å². The maximum Gasteiger partial charge on any atom is 0.169 e. The summed E-state index contributed by atoms with van der Waals surface area (Å²) < 4.78 is 0. The minimum absolute atomic E-state index is 0.0101. The van der Waals surface area contributed by atoms with Gasteiger partial charge in [-0.3, -0.25) is 14.8 Å². The van der Waals surface area contributed by atoms with Crippen molar-refractivity contribution in [2.45, 2.75) is 51.9 Å². The predicted octanol–water partition coefficient (Wildman–Crippen LogP) is 3.85. The third kappa shape index (κ3) is 3.31. The normalized spacial score (nSPS) is 18.9. The van der Waals surface area contributed by atoms with Gasteiger partial charge in [0, 0.05) is 29.1 Å². The standard InChI is InChI=1S/C23H29N3O/c1-23(2,3)19-11-9-14-6-7-15-12-17-18(24-21(15)20(14)25-19)10-8-16(22(17)27)13-26(4)5/h9,11-12,16H,6-8,10,13H2,1-5H3. The molecule has 4 rings (SSSR count). The number of aromatic nitrogens is 2. The summed E-state index contributed by atoms with van der Waals surface area (Å²) in [6.45, 7) is 7.38. The van der Waals surface area contributed by atoms with Crippen molar-refractivity contribution in [2.24, 2.45) is 5.92 Å². The molecule has 2 aliphatic carbocycles. The van der Waals surface area contributed by atoms with Gasteiger partial charge < -0.3 is 4.90 Å². The molecule has 27 heavy (non-hydrogen) atoms. The third-order valence-corrected chi connectivity index (χ3v) is 5.77. The summed E-state index contributed by atoms with van der Waals surface area (Å²) in [5.74, 6) is 0.358. The lowest BCUT2D eigenvalue weighted by Gasteiger charge is -2.28. The monoisotopic (exact) mass is 363 g/mol. The highest BCUT2D eigenvalue weighted by Crippen LogP contribution is 2.36. The Labute approximate surface area is 162 Å². The van der Waals surface area contributed by atoms with Crippen LogP contribution in [0, 0.1) is 5.92 Å². The van der Waals surface area contributed by atoms with Gasteiger partial charge >= 0.3 is 0 Å². The lowest BCUT2D eigenvalue weighted by molar-refractivity contribution is 0.0876. The molecule has 0 fully saturated rings. The molecule has 0 saturated heterocycles. The average molecular weight is 364 g/mol. The topological polar surface area (TPSA) is 46.1 Å². The SMILES string of the molecule is CN(C)CC1CCc2nc3c(cc2C1=O)CCc1ccc(C(C)(C)C)nc1-3. The van der Waals surface area contributed by atoms with Crippen molar-refractivity contribution in [3.05, 3.63) is 46.3 Å². The van der Waals surface area contributed by atoms with E-state index in [-0.39, 0.29) is 17.1 Å². The molecule has 4 nitrogen and oxygen atoms in total. The van der Waals surface area contributed by atoms with E-state index in [1.165, 1.54) is 11.1 Å². The molecule has 2 aliphatic rings. The van der Waals surface area contributed by atoms with Gasteiger partial charge in [-0.15, -0.1) is 0 Å². The van der Waals surface area contributed by atoms with Crippen molar-refractivity contribution >= 4 is 5.78 Å². The van der Waals surface area contributed by atoms with Crippen molar-refractivity contribution in [1.29, 1.82) is 0 Å². The second-order valence-electron chi connectivity index (χ2n) is 9.31. The summed E-state index contributed by atoms with van der Waals surface area (Å²) in [6.07, 6.45) is 3.67. The van der Waals surface area contributed by atoms with Crippen LogP contribution in [0.2, 0.25) is 0 Å². The first-order valence-corrected chi connectivity index (χ1v) is 9.96. The molecule has 0 radical (unpaired) electrons. The number of rotatable bonds is 2. The van der Waals surface area contributed by atoms with Gasteiger partial charge in [0.25, 0.3) is 0 Å². The molecule has 0 bridgehead atoms. The lowest BCUT2D eigenvalue weighted by atomic mass is 9.82. The predicted molar refractivity (Wildman–Crippen MR) is 108 cm³/mol. The van der Waals surface area contributed by atoms with E-state index in [1.54, 1.807) is 0 Å². The Bertz CT molecular complexity index is 909. The number of hydrogen-bond donors (Lipinski definition) is 0. The summed E-state index contributed by atoms with van der Waals surface area (Å²) in [7, 11) is 4.06. The molecule has 1 atom stereocenters. The Kier molecular flexibility index (Phi) is 4.42. The number of carbonyl (C=O) groups is 1. The van der Waals surface area contributed by atoms with Crippen molar-refractivity contribution in [1.82, 2.24) is 14.9 Å². The second-order valence-corrected chi connectivity index (χ2v) is 9.31. The first kappa shape index (κ1) is 18.3. The van der Waals surface area contributed by atoms with Gasteiger partial charge in [0.2, 0.25) is 0 Å². The van der Waals surface area contributed by atoms with Gasteiger partial charge in [-0.25, -0.2) is 0 Å². The van der Waals surface area contributed by atoms with E-state index >= 15 is 0 Å². The molecule has 0 N–H and O–H groups in total. The van der Waals surface area contributed by atoms with Gasteiger partial charge in [0.05, 0.1) is 17.1 Å². The van der Waals surface area contributed by atoms with Gasteiger partial charge in [0.1, 0.15) is 0 Å². The molecule has 0 aliphatic heterocycles. The number of fused-ring (bicyclic) bond motifs is 4. The molecular formula is C23H29N3O. The van der Waals surface area contributed by atoms with Gasteiger partial charge in [0.15, 0.2) is 5.78 Å². The number of carbonyl (C=O) groups excluding carboxylic acids is 1. The lowest BCUT2D eigenvalue weighted by Crippen LogP contribution is -2.32. The van der Waals surface area contributed by atoms with Crippen LogP contribution in [0.25, 0.3) is 11.4 Å². The van der Waals surface area contributed by atoms with E-state index in [1.807, 2.05) is 14.1 Å². The smallest absolute Gasteiger partial charge is 0.169 e. The summed E-state index contributed by atoms with van der Waals surface area (Å²) in [6, 6.07) is 6.49. The van der Waals surface area contributed by atoms with Crippen LogP contribution in [-0.4, -0.2) is 41.3 Å². The Morgan fingerprint density at radius 3 is 2.44 bits per heavy atom. The van der Waals surface area contributed by atoms with E-state index in [4.69, 9.17) is 9.97 Å². The number of nitrogens with zero attached hydrogens (tertiary/aromatic N) is 3. The summed E-state index contributed by atoms with van der Waals surface area (Å²) in [4.78, 5) is 25.1. The Morgan fingerprint density at radius 1 is 1.04 bits per heavy atom. The number of aryl methyl sites for hydroxylation is 3. The van der Waals surface area contributed by atoms with Crippen LogP contribution in [0.3, 0.4) is 0 Å². The fraction of sp³-hybridized carbons (Fsp3) is 0.522. The molecule has 0 aromatic carbocycles. The molecule has 2 aromatic heterocycles. The van der Waals surface area contributed by atoms with E-state index in [2.05, 4.69) is 43.9 Å². The minimum Gasteiger partial charge on any atom is -0.309 e. The Balaban J connectivity index is 1.77. The largest absolute Gasteiger partial charge is 0.309 e. The van der Waals surface area contributed by atoms with Crippen LogP contribution in [0.15, 0.2) is 18.2 Å². The summed E-state index contributed by atoms with van der Waals surface area (Å²) in [5.41, 5.74) is 7.39. The molecule has 1 unspecified atom stereocenters. The fourth-order valence-electron chi connectivity index (χ4n) is 4.25. The molecule has 0 spiro atoms. The van der Waals surface area contributed by atoms with Crippen LogP contribution >= 0.6 is 0 Å². The number of pyridine rings is 2. The maximum atomic E-state index is 13.0. The van der Waals surface area contributed by atoms with E-state index in [9.17, 15) is 4.79 Å². The number of hydrogen-bond acceptors (Lipinski definition) is 4. The molecular weight excluding hydrogens is 334 g/mol. The first-order chi connectivity index (χ1) is 12.7. The zero-order valence-electron chi connectivity index (χ0n) is 17.1. The highest BCUT2D eigenvalue weighted by atomic mass is 16.1. The van der Waals surface area contributed by atoms with Crippen LogP contribution < -0.4 is 0 Å². The second kappa shape index (κ2) is 6.52. The molecule has 0 amide bonds. The quantitative estimate of drug-likeness (QED) is 0.813. The Hall–Kier alpha value is -2.07. The van der Waals surface area contributed by atoms with Gasteiger partial charge in [-0.05, 0) is 63.0 Å². The van der Waals surface area contributed by atoms with Crippen molar-refractivity contribution in [3.63, 3.8) is 0 Å². The van der Waals surface area contributed by atoms with Crippen molar-refractivity contribution in [3.8, 4) is 11.4 Å². The zero-order chi connectivity index (χ0) is 19.3. The minimum atomic E-state index is 0.0101. The van der Waals surface area contributed by atoms with Crippen molar-refractivity contribution < 1.29 is 4.79 Å². The van der Waals surface area contributed by atoms with E-state index in [0.717, 1.165) is 60.6 Å². The van der Waals surface area contributed by atoms with Crippen LogP contribution in [0.1, 0.15) is 60.1 Å². The Morgan fingerprint density at radius 2 is 1.74 bits per heavy atom. The fourth-order valence-corrected chi connectivity index (χ4v) is 4.25. The molecule has 2 heterocycles. The van der Waals surface area contributed by atoms with Crippen LogP contribution in [0.5, 0.6) is 0 Å². The van der Waals surface area contributed by atoms with E-state index < -0.39 is 0 Å². The molecule has 142 valence electrons. The average Bonchev–Trinajstić information content (AvgIpc) is 2.61. The summed E-state index contributed by atoms with van der Waals surface area (Å²) in [5, 5.41) is 0. The molecule has 4 heteroatoms. The van der Waals surface area contributed by atoms with Gasteiger partial charge in [-0.2, -0.15) is 0 Å². The number of Topliss-reactive ketones (excluding diaryl/α,β-unsaturated/α-hetero) is 1. The summed E-state index contributed by atoms with van der Waals surface area (Å²) >= 11 is 0. The van der Waals surface area contributed by atoms with Crippen LogP contribution in [0.4, 0.5) is 0 Å². The molecule has 0 saturated carbocycles. The van der Waals surface area contributed by atoms with Gasteiger partial charge in [-0.1, -0.05) is 26.8 Å². The zero-order valence-corrected chi connectivity index (χ0v) is 17.1. The first-order valence-electron chi connectivity index (χ1n) is 9.96. The number of ketones is 1. The molecule has 2 aromatic rings. The van der Waals surface area contributed by atoms with Crippen molar-refractivity contribution in [2.75, 3.05) is 20.6 Å². The highest BCUT2D eigenvalue weighted by Gasteiger charge is 2.31. The highest BCUT2D eigenvalue weighted by molar-refractivity contribution is 6.00. The third-order valence-electron chi connectivity index (χ3n) is 5.77.